The molecule has 6 saturated carbocycles. The van der Waals surface area contributed by atoms with Crippen molar-refractivity contribution in [3.63, 3.8) is 0 Å². The van der Waals surface area contributed by atoms with Crippen molar-refractivity contribution in [1.82, 2.24) is 10.2 Å². The molecule has 2 aliphatic heterocycles. The molecule has 48 heavy (non-hydrogen) atoms. The van der Waals surface area contributed by atoms with Crippen LogP contribution in [0.2, 0.25) is 0 Å². The molecule has 0 aromatic heterocycles. The summed E-state index contributed by atoms with van der Waals surface area (Å²) in [5.41, 5.74) is 0.453. The van der Waals surface area contributed by atoms with Gasteiger partial charge < -0.3 is 34.6 Å². The van der Waals surface area contributed by atoms with Gasteiger partial charge in [-0.15, -0.1) is 0 Å². The third kappa shape index (κ3) is 4.86. The predicted octanol–water partition coefficient (Wildman–Crippen LogP) is 5.23. The Kier molecular flexibility index (Phi) is 8.20. The van der Waals surface area contributed by atoms with Gasteiger partial charge in [-0.25, -0.2) is 0 Å². The number of hydrogen-bond acceptors (Lipinski definition) is 7. The lowest BCUT2D eigenvalue weighted by Gasteiger charge is -2.64. The molecule has 2 saturated heterocycles. The van der Waals surface area contributed by atoms with E-state index >= 15 is 0 Å². The van der Waals surface area contributed by atoms with Crippen LogP contribution in [0, 0.1) is 56.7 Å². The Bertz CT molecular complexity index is 1290. The zero-order valence-corrected chi connectivity index (χ0v) is 30.2. The molecule has 3 N–H and O–H groups in total. The zero-order valence-electron chi connectivity index (χ0n) is 30.2. The van der Waals surface area contributed by atoms with Crippen LogP contribution in [-0.4, -0.2) is 90.5 Å². The average molecular weight is 671 g/mol. The molecule has 13 atom stereocenters. The molecule has 9 nitrogen and oxygen atoms in total. The van der Waals surface area contributed by atoms with E-state index in [9.17, 15) is 14.7 Å². The number of carbonyl (C=O) groups excluding carboxylic acids is 1. The van der Waals surface area contributed by atoms with E-state index < -0.39 is 12.1 Å². The highest BCUT2D eigenvalue weighted by Gasteiger charge is 2.84. The van der Waals surface area contributed by atoms with Crippen LogP contribution in [0.4, 0.5) is 0 Å². The normalized spacial score (nSPS) is 50.4. The van der Waals surface area contributed by atoms with Crippen molar-refractivity contribution in [3.8, 4) is 0 Å². The lowest BCUT2D eigenvalue weighted by atomic mass is 9.41. The number of carboxylic acids is 1. The Morgan fingerprint density at radius 3 is 2.50 bits per heavy atom. The number of rotatable bonds is 9. The van der Waals surface area contributed by atoms with Crippen LogP contribution in [0.25, 0.3) is 0 Å². The molecule has 270 valence electrons. The summed E-state index contributed by atoms with van der Waals surface area (Å²) in [7, 11) is 0. The van der Waals surface area contributed by atoms with Gasteiger partial charge in [-0.1, -0.05) is 34.6 Å². The topological polar surface area (TPSA) is 118 Å². The molecule has 0 radical (unpaired) electrons. The van der Waals surface area contributed by atoms with Crippen molar-refractivity contribution in [2.24, 2.45) is 56.7 Å². The maximum atomic E-state index is 12.9. The van der Waals surface area contributed by atoms with E-state index in [-0.39, 0.29) is 58.6 Å². The zero-order chi connectivity index (χ0) is 33.9. The minimum Gasteiger partial charge on any atom is -0.481 e. The van der Waals surface area contributed by atoms with Gasteiger partial charge in [0.2, 0.25) is 5.91 Å². The number of fused-ring (bicyclic) bond motifs is 4. The Morgan fingerprint density at radius 2 is 1.75 bits per heavy atom. The lowest BCUT2D eigenvalue weighted by molar-refractivity contribution is -0.248. The Balaban J connectivity index is 0.970. The standard InChI is InChI=1S/C39H62N2O7/c1-23-18-25(20-40-15-11-30(43)44)47-33-32(23)36(4)13-14-39-22-38(39)12-10-28(35(2,3)26(38)8-9-27(39)37(36,5)34(33)45)48-31-21-41(16-17-46-31)29(42)19-24-6-7-24/h23-28,31-34,40,45H,6-22H2,1-5H3,(H,43,44)/t23-,25-,26+,27+,28+,31+,32+,33+,34+,36-,37-,38-,39+/m1/s1. The smallest absolute Gasteiger partial charge is 0.304 e. The van der Waals surface area contributed by atoms with E-state index in [1.807, 2.05) is 4.90 Å². The molecular formula is C39H62N2O7. The molecule has 0 aromatic rings. The van der Waals surface area contributed by atoms with Crippen molar-refractivity contribution < 1.29 is 34.0 Å². The second-order valence-electron chi connectivity index (χ2n) is 18.9. The van der Waals surface area contributed by atoms with Crippen LogP contribution in [0.15, 0.2) is 0 Å². The SMILES string of the molecule is C[C@@H]1C[C@H](CNCCC(=O)O)O[C@H]2[C@H]1[C@@]1(C)CC[C@@]34C[C@@]35CC[C@H](O[C@H]3CN(C(=O)CC6CC6)CCO3)C(C)(C)[C@@H]5CC[C@H]4[C@]1(C)[C@H]2O. The van der Waals surface area contributed by atoms with E-state index in [4.69, 9.17) is 19.3 Å². The number of morpholine rings is 1. The minimum atomic E-state index is -0.788. The summed E-state index contributed by atoms with van der Waals surface area (Å²) in [5.74, 6) is 1.93. The van der Waals surface area contributed by atoms with Crippen LogP contribution < -0.4 is 5.32 Å². The fraction of sp³-hybridized carbons (Fsp3) is 0.949. The second-order valence-corrected chi connectivity index (χ2v) is 18.9. The first-order chi connectivity index (χ1) is 22.8. The molecule has 1 amide bonds. The van der Waals surface area contributed by atoms with Gasteiger partial charge in [-0.05, 0) is 115 Å². The van der Waals surface area contributed by atoms with Gasteiger partial charge >= 0.3 is 5.97 Å². The molecule has 2 heterocycles. The molecule has 6 aliphatic carbocycles. The lowest BCUT2D eigenvalue weighted by Crippen LogP contribution is -2.60. The number of carboxylic acid groups (broad SMARTS) is 1. The highest BCUT2D eigenvalue weighted by atomic mass is 16.7. The Labute approximate surface area is 287 Å². The number of nitrogens with zero attached hydrogens (tertiary/aromatic N) is 1. The molecule has 9 heteroatoms. The number of hydrogen-bond donors (Lipinski definition) is 3. The molecular weight excluding hydrogens is 608 g/mol. The number of nitrogens with one attached hydrogen (secondary N) is 1. The number of aliphatic hydroxyl groups is 1. The van der Waals surface area contributed by atoms with Crippen LogP contribution in [-0.2, 0) is 23.8 Å². The second kappa shape index (κ2) is 11.6. The molecule has 8 rings (SSSR count). The van der Waals surface area contributed by atoms with Gasteiger partial charge in [-0.2, -0.15) is 0 Å². The van der Waals surface area contributed by atoms with Crippen molar-refractivity contribution in [2.45, 2.75) is 142 Å². The summed E-state index contributed by atoms with van der Waals surface area (Å²) in [6.45, 7) is 15.1. The molecule has 0 bridgehead atoms. The number of carbonyl (C=O) groups is 2. The Morgan fingerprint density at radius 1 is 1.00 bits per heavy atom. The largest absolute Gasteiger partial charge is 0.481 e. The van der Waals surface area contributed by atoms with Gasteiger partial charge in [0.05, 0.1) is 44.0 Å². The van der Waals surface area contributed by atoms with Gasteiger partial charge in [0.15, 0.2) is 6.29 Å². The van der Waals surface area contributed by atoms with E-state index in [1.54, 1.807) is 0 Å². The maximum absolute atomic E-state index is 12.9. The van der Waals surface area contributed by atoms with Crippen LogP contribution in [0.1, 0.15) is 112 Å². The summed E-state index contributed by atoms with van der Waals surface area (Å²) in [5, 5.41) is 24.8. The van der Waals surface area contributed by atoms with Crippen LogP contribution in [0.5, 0.6) is 0 Å². The fourth-order valence-corrected chi connectivity index (χ4v) is 14.0. The Hall–Kier alpha value is -1.26. The van der Waals surface area contributed by atoms with Crippen LogP contribution >= 0.6 is 0 Å². The first-order valence-electron chi connectivity index (χ1n) is 19.6. The highest BCUT2D eigenvalue weighted by Crippen LogP contribution is 2.89. The third-order valence-electron chi connectivity index (χ3n) is 16.6. The molecule has 8 aliphatic rings. The number of aliphatic hydroxyl groups excluding tert-OH is 1. The van der Waals surface area contributed by atoms with Crippen molar-refractivity contribution in [2.75, 3.05) is 32.8 Å². The van der Waals surface area contributed by atoms with Gasteiger partial charge in [0.1, 0.15) is 0 Å². The number of aliphatic carboxylic acids is 1. The molecule has 0 aromatic carbocycles. The number of amides is 1. The minimum absolute atomic E-state index is 0.00151. The highest BCUT2D eigenvalue weighted by molar-refractivity contribution is 5.76. The van der Waals surface area contributed by atoms with E-state index in [2.05, 4.69) is 39.9 Å². The van der Waals surface area contributed by atoms with E-state index in [0.29, 0.717) is 74.2 Å². The first kappa shape index (κ1) is 33.9. The number of ether oxygens (including phenoxy) is 3. The summed E-state index contributed by atoms with van der Waals surface area (Å²) in [4.78, 5) is 25.9. The third-order valence-corrected chi connectivity index (χ3v) is 16.6. The maximum Gasteiger partial charge on any atom is 0.304 e. The fourth-order valence-electron chi connectivity index (χ4n) is 14.0. The van der Waals surface area contributed by atoms with Crippen LogP contribution in [0.3, 0.4) is 0 Å². The average Bonchev–Trinajstić information content (AvgIpc) is 3.96. The summed E-state index contributed by atoms with van der Waals surface area (Å²) in [6.07, 6.45) is 11.5. The van der Waals surface area contributed by atoms with Gasteiger partial charge in [-0.3, -0.25) is 9.59 Å². The summed E-state index contributed by atoms with van der Waals surface area (Å²) in [6, 6.07) is 0. The molecule has 0 unspecified atom stereocenters. The monoisotopic (exact) mass is 670 g/mol. The van der Waals surface area contributed by atoms with Gasteiger partial charge in [0, 0.05) is 31.5 Å². The van der Waals surface area contributed by atoms with Crippen molar-refractivity contribution in [3.05, 3.63) is 0 Å². The van der Waals surface area contributed by atoms with Crippen molar-refractivity contribution >= 4 is 11.9 Å². The molecule has 2 spiro atoms. The van der Waals surface area contributed by atoms with E-state index in [1.165, 1.54) is 38.5 Å². The first-order valence-corrected chi connectivity index (χ1v) is 19.6. The van der Waals surface area contributed by atoms with E-state index in [0.717, 1.165) is 25.7 Å². The summed E-state index contributed by atoms with van der Waals surface area (Å²) < 4.78 is 19.8. The quantitative estimate of drug-likeness (QED) is 0.286. The van der Waals surface area contributed by atoms with Crippen molar-refractivity contribution in [1.29, 1.82) is 0 Å². The predicted molar refractivity (Wildman–Crippen MR) is 180 cm³/mol. The summed E-state index contributed by atoms with van der Waals surface area (Å²) >= 11 is 0. The van der Waals surface area contributed by atoms with Gasteiger partial charge in [0.25, 0.3) is 0 Å². The molecule has 8 fully saturated rings.